The van der Waals surface area contributed by atoms with Crippen LogP contribution in [0.15, 0.2) is 30.3 Å². The Hall–Kier alpha value is -1.53. The summed E-state index contributed by atoms with van der Waals surface area (Å²) in [6.45, 7) is 1.74. The van der Waals surface area contributed by atoms with E-state index < -0.39 is 0 Å². The van der Waals surface area contributed by atoms with Crippen LogP contribution in [0.5, 0.6) is 0 Å². The second-order valence-electron chi connectivity index (χ2n) is 4.74. The van der Waals surface area contributed by atoms with E-state index in [1.807, 2.05) is 35.2 Å². The van der Waals surface area contributed by atoms with Gasteiger partial charge in [-0.2, -0.15) is 11.8 Å². The highest BCUT2D eigenvalue weighted by Crippen LogP contribution is 2.19. The third-order valence-corrected chi connectivity index (χ3v) is 4.21. The number of carbonyl (C=O) groups is 2. The molecule has 2 amide bonds. The van der Waals surface area contributed by atoms with Crippen molar-refractivity contribution in [2.24, 2.45) is 5.73 Å². The zero-order valence-electron chi connectivity index (χ0n) is 13.1. The standard InChI is InChI=1S/C10H11NO.C5H9NOS.CH5N/c12-10-7-4-8-11(10)9-5-2-1-3-6-9;7-5-4-8-3-1-2-6-5;1-2/h1-3,5-6H,4,7-8H2;1-4H2,(H,6,7);2H2,1H3. The predicted molar refractivity (Wildman–Crippen MR) is 93.1 cm³/mol. The molecule has 0 aromatic heterocycles. The lowest BCUT2D eigenvalue weighted by Gasteiger charge is -2.14. The summed E-state index contributed by atoms with van der Waals surface area (Å²) in [6, 6.07) is 9.83. The normalized spacial score (nSPS) is 17.5. The first-order valence-corrected chi connectivity index (χ1v) is 8.70. The number of rotatable bonds is 1. The molecule has 3 rings (SSSR count). The van der Waals surface area contributed by atoms with Gasteiger partial charge in [-0.05, 0) is 37.8 Å². The lowest BCUT2D eigenvalue weighted by Crippen LogP contribution is -2.23. The van der Waals surface area contributed by atoms with Crippen molar-refractivity contribution < 1.29 is 9.59 Å². The minimum atomic E-state index is 0.188. The maximum atomic E-state index is 11.3. The van der Waals surface area contributed by atoms with Crippen molar-refractivity contribution in [2.75, 3.05) is 36.5 Å². The molecule has 0 spiro atoms. The monoisotopic (exact) mass is 323 g/mol. The zero-order chi connectivity index (χ0) is 16.2. The third kappa shape index (κ3) is 6.49. The number of nitrogens with zero attached hydrogens (tertiary/aromatic N) is 1. The number of hydrogen-bond acceptors (Lipinski definition) is 4. The molecule has 0 aliphatic carbocycles. The molecule has 0 saturated carbocycles. The number of nitrogens with one attached hydrogen (secondary N) is 1. The molecule has 0 bridgehead atoms. The highest BCUT2D eigenvalue weighted by molar-refractivity contribution is 7.99. The Balaban J connectivity index is 0.000000211. The average molecular weight is 323 g/mol. The molecule has 1 aromatic rings. The lowest BCUT2D eigenvalue weighted by atomic mass is 10.3. The van der Waals surface area contributed by atoms with Gasteiger partial charge in [0, 0.05) is 25.2 Å². The first-order chi connectivity index (χ1) is 10.8. The molecular weight excluding hydrogens is 298 g/mol. The summed E-state index contributed by atoms with van der Waals surface area (Å²) in [5.74, 6) is 2.22. The van der Waals surface area contributed by atoms with Gasteiger partial charge in [0.1, 0.15) is 0 Å². The van der Waals surface area contributed by atoms with Gasteiger partial charge in [-0.3, -0.25) is 9.59 Å². The molecule has 1 aromatic carbocycles. The molecule has 5 nitrogen and oxygen atoms in total. The van der Waals surface area contributed by atoms with E-state index in [4.69, 9.17) is 0 Å². The molecule has 0 atom stereocenters. The minimum absolute atomic E-state index is 0.188. The number of para-hydroxylation sites is 1. The molecule has 22 heavy (non-hydrogen) atoms. The molecule has 3 N–H and O–H groups in total. The Kier molecular flexibility index (Phi) is 9.34. The van der Waals surface area contributed by atoms with Gasteiger partial charge in [0.05, 0.1) is 5.75 Å². The summed E-state index contributed by atoms with van der Waals surface area (Å²) in [6.07, 6.45) is 2.82. The molecule has 0 unspecified atom stereocenters. The summed E-state index contributed by atoms with van der Waals surface area (Å²) in [5, 5.41) is 2.78. The second-order valence-corrected chi connectivity index (χ2v) is 5.85. The number of anilines is 1. The van der Waals surface area contributed by atoms with Crippen molar-refractivity contribution in [2.45, 2.75) is 19.3 Å². The molecule has 2 fully saturated rings. The van der Waals surface area contributed by atoms with E-state index in [1.54, 1.807) is 11.8 Å². The molecule has 2 aliphatic heterocycles. The summed E-state index contributed by atoms with van der Waals surface area (Å²) in [4.78, 5) is 23.7. The van der Waals surface area contributed by atoms with Gasteiger partial charge in [0.2, 0.25) is 11.8 Å². The van der Waals surface area contributed by atoms with Crippen LogP contribution in [-0.4, -0.2) is 43.5 Å². The molecule has 2 aliphatic rings. The van der Waals surface area contributed by atoms with Crippen LogP contribution in [0.1, 0.15) is 19.3 Å². The fourth-order valence-corrected chi connectivity index (χ4v) is 2.93. The molecule has 0 radical (unpaired) electrons. The molecule has 122 valence electrons. The van der Waals surface area contributed by atoms with E-state index in [1.165, 1.54) is 7.05 Å². The smallest absolute Gasteiger partial charge is 0.229 e. The van der Waals surface area contributed by atoms with E-state index in [9.17, 15) is 9.59 Å². The second kappa shape index (κ2) is 11.1. The number of nitrogens with two attached hydrogens (primary N) is 1. The Morgan fingerprint density at radius 2 is 1.86 bits per heavy atom. The Morgan fingerprint density at radius 1 is 1.14 bits per heavy atom. The van der Waals surface area contributed by atoms with Crippen LogP contribution >= 0.6 is 11.8 Å². The fraction of sp³-hybridized carbons (Fsp3) is 0.500. The first kappa shape index (κ1) is 18.5. The summed E-state index contributed by atoms with van der Waals surface area (Å²) < 4.78 is 0. The van der Waals surface area contributed by atoms with Crippen LogP contribution in [0.4, 0.5) is 5.69 Å². The topological polar surface area (TPSA) is 75.4 Å². The van der Waals surface area contributed by atoms with Gasteiger partial charge in [0.15, 0.2) is 0 Å². The SMILES string of the molecule is CN.O=C1CCCN1c1ccccc1.O=C1CSCCCN1. The van der Waals surface area contributed by atoms with Crippen LogP contribution in [0.25, 0.3) is 0 Å². The van der Waals surface area contributed by atoms with Crippen LogP contribution in [0.2, 0.25) is 0 Å². The maximum Gasteiger partial charge on any atom is 0.229 e. The van der Waals surface area contributed by atoms with E-state index in [2.05, 4.69) is 11.1 Å². The van der Waals surface area contributed by atoms with E-state index in [0.717, 1.165) is 37.4 Å². The van der Waals surface area contributed by atoms with Crippen molar-refractivity contribution in [1.29, 1.82) is 0 Å². The largest absolute Gasteiger partial charge is 0.355 e. The van der Waals surface area contributed by atoms with Crippen LogP contribution in [0.3, 0.4) is 0 Å². The van der Waals surface area contributed by atoms with Crippen molar-refractivity contribution in [3.05, 3.63) is 30.3 Å². The fourth-order valence-electron chi connectivity index (χ4n) is 2.15. The van der Waals surface area contributed by atoms with Crippen molar-refractivity contribution in [3.8, 4) is 0 Å². The van der Waals surface area contributed by atoms with Gasteiger partial charge >= 0.3 is 0 Å². The Bertz CT molecular complexity index is 444. The summed E-state index contributed by atoms with van der Waals surface area (Å²) >= 11 is 1.71. The zero-order valence-corrected chi connectivity index (χ0v) is 13.9. The third-order valence-electron chi connectivity index (χ3n) is 3.16. The van der Waals surface area contributed by atoms with Crippen molar-refractivity contribution in [3.63, 3.8) is 0 Å². The highest BCUT2D eigenvalue weighted by Gasteiger charge is 2.20. The van der Waals surface area contributed by atoms with Gasteiger partial charge in [0.25, 0.3) is 0 Å². The van der Waals surface area contributed by atoms with Crippen LogP contribution in [-0.2, 0) is 9.59 Å². The van der Waals surface area contributed by atoms with Crippen LogP contribution < -0.4 is 16.0 Å². The number of hydrogen-bond donors (Lipinski definition) is 2. The quantitative estimate of drug-likeness (QED) is 0.823. The van der Waals surface area contributed by atoms with E-state index in [0.29, 0.717) is 12.2 Å². The summed E-state index contributed by atoms with van der Waals surface area (Å²) in [7, 11) is 1.50. The van der Waals surface area contributed by atoms with E-state index in [-0.39, 0.29) is 11.8 Å². The Morgan fingerprint density at radius 3 is 2.50 bits per heavy atom. The predicted octanol–water partition coefficient (Wildman–Crippen LogP) is 1.63. The van der Waals surface area contributed by atoms with Crippen molar-refractivity contribution >= 4 is 29.3 Å². The number of carbonyl (C=O) groups excluding carboxylic acids is 2. The molecular formula is C16H25N3O2S. The molecule has 2 heterocycles. The van der Waals surface area contributed by atoms with Crippen molar-refractivity contribution in [1.82, 2.24) is 5.32 Å². The van der Waals surface area contributed by atoms with E-state index >= 15 is 0 Å². The minimum Gasteiger partial charge on any atom is -0.355 e. The van der Waals surface area contributed by atoms with Gasteiger partial charge < -0.3 is 16.0 Å². The maximum absolute atomic E-state index is 11.3. The van der Waals surface area contributed by atoms with Gasteiger partial charge in [-0.25, -0.2) is 0 Å². The Labute approximate surface area is 136 Å². The lowest BCUT2D eigenvalue weighted by molar-refractivity contribution is -0.118. The van der Waals surface area contributed by atoms with Gasteiger partial charge in [-0.15, -0.1) is 0 Å². The number of thioether (sulfide) groups is 1. The molecule has 2 saturated heterocycles. The van der Waals surface area contributed by atoms with Crippen LogP contribution in [0, 0.1) is 0 Å². The summed E-state index contributed by atoms with van der Waals surface area (Å²) in [5.41, 5.74) is 5.53. The molecule has 6 heteroatoms. The average Bonchev–Trinajstić information content (AvgIpc) is 2.85. The van der Waals surface area contributed by atoms with Gasteiger partial charge in [-0.1, -0.05) is 18.2 Å². The number of benzene rings is 1. The highest BCUT2D eigenvalue weighted by atomic mass is 32.2. The first-order valence-electron chi connectivity index (χ1n) is 7.55. The number of amides is 2.